The second-order valence-corrected chi connectivity index (χ2v) is 4.35. The molecule has 0 saturated carbocycles. The number of furan rings is 1. The molecule has 0 radical (unpaired) electrons. The Kier molecular flexibility index (Phi) is 3.55. The molecule has 1 fully saturated rings. The number of piperazine rings is 1. The summed E-state index contributed by atoms with van der Waals surface area (Å²) in [5.41, 5.74) is 0.322. The van der Waals surface area contributed by atoms with Crippen molar-refractivity contribution in [3.8, 4) is 0 Å². The number of carbonyl (C=O) groups is 3. The summed E-state index contributed by atoms with van der Waals surface area (Å²) in [4.78, 5) is 36.0. The van der Waals surface area contributed by atoms with Crippen molar-refractivity contribution in [1.82, 2.24) is 10.2 Å². The normalized spacial score (nSPS) is 19.1. The number of nitrogens with one attached hydrogen (secondary N) is 1. The van der Waals surface area contributed by atoms with E-state index in [2.05, 4.69) is 5.32 Å². The van der Waals surface area contributed by atoms with Gasteiger partial charge in [0, 0.05) is 13.1 Å². The lowest BCUT2D eigenvalue weighted by molar-refractivity contribution is -0.142. The van der Waals surface area contributed by atoms with Crippen molar-refractivity contribution >= 4 is 17.8 Å². The zero-order valence-corrected chi connectivity index (χ0v) is 10.4. The Labute approximate surface area is 109 Å². The van der Waals surface area contributed by atoms with Crippen LogP contribution in [0, 0.1) is 6.92 Å². The standard InChI is InChI=1S/C12H14N2O5/c1-7-4-8(6-19-7)12(18)14-3-2-13-11(17)9(14)5-10(15)16/h4,6,9H,2-3,5H2,1H3,(H,13,17)(H,15,16). The fourth-order valence-electron chi connectivity index (χ4n) is 2.05. The Hall–Kier alpha value is -2.31. The van der Waals surface area contributed by atoms with Gasteiger partial charge >= 0.3 is 5.97 Å². The third-order valence-electron chi connectivity index (χ3n) is 2.94. The molecule has 1 aromatic heterocycles. The van der Waals surface area contributed by atoms with Gasteiger partial charge in [-0.3, -0.25) is 14.4 Å². The molecule has 0 aromatic carbocycles. The first-order valence-corrected chi connectivity index (χ1v) is 5.84. The molecule has 7 heteroatoms. The number of amides is 2. The van der Waals surface area contributed by atoms with Crippen LogP contribution in [0.2, 0.25) is 0 Å². The third-order valence-corrected chi connectivity index (χ3v) is 2.94. The summed E-state index contributed by atoms with van der Waals surface area (Å²) in [5.74, 6) is -1.37. The van der Waals surface area contributed by atoms with Crippen LogP contribution in [0.25, 0.3) is 0 Å². The van der Waals surface area contributed by atoms with Gasteiger partial charge in [-0.25, -0.2) is 0 Å². The molecular weight excluding hydrogens is 252 g/mol. The van der Waals surface area contributed by atoms with Crippen molar-refractivity contribution in [2.45, 2.75) is 19.4 Å². The Balaban J connectivity index is 2.22. The van der Waals surface area contributed by atoms with Gasteiger partial charge in [0.05, 0.1) is 12.0 Å². The quantitative estimate of drug-likeness (QED) is 0.802. The van der Waals surface area contributed by atoms with E-state index in [1.54, 1.807) is 13.0 Å². The highest BCUT2D eigenvalue weighted by molar-refractivity contribution is 5.99. The van der Waals surface area contributed by atoms with Crippen LogP contribution in [-0.4, -0.2) is 46.9 Å². The number of aryl methyl sites for hydroxylation is 1. The number of nitrogens with zero attached hydrogens (tertiary/aromatic N) is 1. The van der Waals surface area contributed by atoms with Gasteiger partial charge in [0.1, 0.15) is 18.1 Å². The average molecular weight is 266 g/mol. The second-order valence-electron chi connectivity index (χ2n) is 4.35. The van der Waals surface area contributed by atoms with Gasteiger partial charge in [-0.05, 0) is 13.0 Å². The zero-order chi connectivity index (χ0) is 14.0. The van der Waals surface area contributed by atoms with Crippen LogP contribution in [0.15, 0.2) is 16.7 Å². The van der Waals surface area contributed by atoms with E-state index in [-0.39, 0.29) is 6.54 Å². The lowest BCUT2D eigenvalue weighted by atomic mass is 10.1. The molecule has 1 atom stereocenters. The molecule has 1 aliphatic rings. The van der Waals surface area contributed by atoms with Gasteiger partial charge in [0.25, 0.3) is 5.91 Å². The number of rotatable bonds is 3. The van der Waals surface area contributed by atoms with E-state index >= 15 is 0 Å². The number of aliphatic carboxylic acids is 1. The molecule has 2 N–H and O–H groups in total. The molecule has 1 aliphatic heterocycles. The molecule has 2 amide bonds. The molecule has 0 spiro atoms. The first-order chi connectivity index (χ1) is 8.99. The van der Waals surface area contributed by atoms with Crippen molar-refractivity contribution in [3.05, 3.63) is 23.7 Å². The molecule has 1 saturated heterocycles. The molecule has 2 heterocycles. The summed E-state index contributed by atoms with van der Waals surface area (Å²) >= 11 is 0. The van der Waals surface area contributed by atoms with E-state index in [1.165, 1.54) is 11.2 Å². The number of carboxylic acid groups (broad SMARTS) is 1. The van der Waals surface area contributed by atoms with Gasteiger partial charge in [-0.2, -0.15) is 0 Å². The number of carboxylic acids is 1. The molecule has 7 nitrogen and oxygen atoms in total. The monoisotopic (exact) mass is 266 g/mol. The van der Waals surface area contributed by atoms with Crippen molar-refractivity contribution in [1.29, 1.82) is 0 Å². The van der Waals surface area contributed by atoms with Crippen molar-refractivity contribution < 1.29 is 23.9 Å². The SMILES string of the molecule is Cc1cc(C(=O)N2CCNC(=O)C2CC(=O)O)co1. The molecule has 0 aliphatic carbocycles. The lowest BCUT2D eigenvalue weighted by Gasteiger charge is -2.33. The maximum absolute atomic E-state index is 12.2. The summed E-state index contributed by atoms with van der Waals surface area (Å²) in [6.07, 6.45) is 0.899. The van der Waals surface area contributed by atoms with Crippen LogP contribution in [0.4, 0.5) is 0 Å². The minimum Gasteiger partial charge on any atom is -0.481 e. The maximum atomic E-state index is 12.2. The largest absolute Gasteiger partial charge is 0.481 e. The van der Waals surface area contributed by atoms with Crippen molar-refractivity contribution in [2.24, 2.45) is 0 Å². The van der Waals surface area contributed by atoms with Crippen molar-refractivity contribution in [2.75, 3.05) is 13.1 Å². The Morgan fingerprint density at radius 1 is 1.58 bits per heavy atom. The topological polar surface area (TPSA) is 99.9 Å². The molecule has 1 unspecified atom stereocenters. The minimum absolute atomic E-state index is 0.284. The molecule has 19 heavy (non-hydrogen) atoms. The first-order valence-electron chi connectivity index (χ1n) is 5.84. The first kappa shape index (κ1) is 13.1. The zero-order valence-electron chi connectivity index (χ0n) is 10.4. The highest BCUT2D eigenvalue weighted by Crippen LogP contribution is 2.15. The van der Waals surface area contributed by atoms with Crippen LogP contribution < -0.4 is 5.32 Å². The third kappa shape index (κ3) is 2.75. The van der Waals surface area contributed by atoms with Gasteiger partial charge in [0.15, 0.2) is 0 Å². The van der Waals surface area contributed by atoms with Crippen LogP contribution in [0.3, 0.4) is 0 Å². The van der Waals surface area contributed by atoms with E-state index in [1.807, 2.05) is 0 Å². The van der Waals surface area contributed by atoms with Gasteiger partial charge in [-0.1, -0.05) is 0 Å². The van der Waals surface area contributed by atoms with Gasteiger partial charge in [-0.15, -0.1) is 0 Å². The summed E-state index contributed by atoms with van der Waals surface area (Å²) < 4.78 is 5.06. The van der Waals surface area contributed by atoms with E-state index in [9.17, 15) is 14.4 Å². The van der Waals surface area contributed by atoms with E-state index in [0.717, 1.165) is 0 Å². The lowest BCUT2D eigenvalue weighted by Crippen LogP contribution is -2.57. The Bertz CT molecular complexity index is 522. The number of carbonyl (C=O) groups excluding carboxylic acids is 2. The second kappa shape index (κ2) is 5.13. The van der Waals surface area contributed by atoms with Crippen molar-refractivity contribution in [3.63, 3.8) is 0 Å². The predicted octanol–water partition coefficient (Wildman–Crippen LogP) is 0.00332. The summed E-state index contributed by atoms with van der Waals surface area (Å²) in [6.45, 7) is 2.30. The minimum atomic E-state index is -1.12. The summed E-state index contributed by atoms with van der Waals surface area (Å²) in [7, 11) is 0. The van der Waals surface area contributed by atoms with Gasteiger partial charge < -0.3 is 19.7 Å². The Morgan fingerprint density at radius 3 is 2.89 bits per heavy atom. The fraction of sp³-hybridized carbons (Fsp3) is 0.417. The predicted molar refractivity (Wildman–Crippen MR) is 63.5 cm³/mol. The average Bonchev–Trinajstić information content (AvgIpc) is 2.77. The van der Waals surface area contributed by atoms with Crippen LogP contribution in [0.1, 0.15) is 22.5 Å². The molecule has 1 aromatic rings. The molecule has 102 valence electrons. The number of hydrogen-bond acceptors (Lipinski definition) is 4. The summed E-state index contributed by atoms with van der Waals surface area (Å²) in [5, 5.41) is 11.4. The van der Waals surface area contributed by atoms with E-state index in [0.29, 0.717) is 17.9 Å². The smallest absolute Gasteiger partial charge is 0.305 e. The molecule has 0 bridgehead atoms. The van der Waals surface area contributed by atoms with Crippen LogP contribution in [0.5, 0.6) is 0 Å². The molecule has 2 rings (SSSR count). The van der Waals surface area contributed by atoms with Crippen LogP contribution >= 0.6 is 0 Å². The number of hydrogen-bond donors (Lipinski definition) is 2. The molecular formula is C12H14N2O5. The van der Waals surface area contributed by atoms with Crippen LogP contribution in [-0.2, 0) is 9.59 Å². The fourth-order valence-corrected chi connectivity index (χ4v) is 2.05. The van der Waals surface area contributed by atoms with E-state index < -0.39 is 30.2 Å². The summed E-state index contributed by atoms with van der Waals surface area (Å²) in [6, 6.07) is 0.584. The Morgan fingerprint density at radius 2 is 2.32 bits per heavy atom. The maximum Gasteiger partial charge on any atom is 0.305 e. The van der Waals surface area contributed by atoms with Gasteiger partial charge in [0.2, 0.25) is 5.91 Å². The highest BCUT2D eigenvalue weighted by atomic mass is 16.4. The van der Waals surface area contributed by atoms with E-state index in [4.69, 9.17) is 9.52 Å². The highest BCUT2D eigenvalue weighted by Gasteiger charge is 2.35.